The zero-order valence-corrected chi connectivity index (χ0v) is 20.8. The van der Waals surface area contributed by atoms with Crippen LogP contribution in [0.15, 0.2) is 12.1 Å². The number of rotatable bonds is 11. The number of aliphatic hydroxyl groups excluding tert-OH is 2. The molecule has 3 unspecified atom stereocenters. The van der Waals surface area contributed by atoms with Crippen LogP contribution in [0.4, 0.5) is 5.69 Å². The first-order chi connectivity index (χ1) is 16.2. The minimum Gasteiger partial charge on any atom is -0.505 e. The highest BCUT2D eigenvalue weighted by Crippen LogP contribution is 2.40. The van der Waals surface area contributed by atoms with E-state index in [2.05, 4.69) is 17.3 Å². The van der Waals surface area contributed by atoms with Crippen LogP contribution in [-0.4, -0.2) is 82.4 Å². The van der Waals surface area contributed by atoms with Crippen molar-refractivity contribution in [2.45, 2.75) is 57.9 Å². The van der Waals surface area contributed by atoms with E-state index in [1.54, 1.807) is 0 Å². The Morgan fingerprint density at radius 1 is 1.20 bits per heavy atom. The van der Waals surface area contributed by atoms with Gasteiger partial charge in [0, 0.05) is 27.8 Å². The van der Waals surface area contributed by atoms with Crippen molar-refractivity contribution >= 4 is 23.0 Å². The van der Waals surface area contributed by atoms with Gasteiger partial charge < -0.3 is 31.0 Å². The van der Waals surface area contributed by atoms with E-state index in [4.69, 9.17) is 0 Å². The van der Waals surface area contributed by atoms with Crippen LogP contribution in [0.25, 0.3) is 0 Å². The van der Waals surface area contributed by atoms with Gasteiger partial charge in [0.2, 0.25) is 0 Å². The van der Waals surface area contributed by atoms with Crippen molar-refractivity contribution in [3.05, 3.63) is 23.3 Å². The normalized spacial score (nSPS) is 20.5. The molecule has 0 spiro atoms. The topological polar surface area (TPSA) is 159 Å². The summed E-state index contributed by atoms with van der Waals surface area (Å²) in [4.78, 5) is 39.2. The number of Topliss-reactive ketones (excluding diaryl/α,β-unsaturated/α-hetero) is 3. The van der Waals surface area contributed by atoms with Crippen molar-refractivity contribution in [2.24, 2.45) is 17.8 Å². The highest BCUT2D eigenvalue weighted by atomic mass is 16.3. The Hall–Kier alpha value is -2.33. The molecule has 3 atom stereocenters. The van der Waals surface area contributed by atoms with Gasteiger partial charge in [-0.15, -0.1) is 0 Å². The summed E-state index contributed by atoms with van der Waals surface area (Å²) in [6, 6.07) is 3.98. The van der Waals surface area contributed by atoms with Crippen molar-refractivity contribution in [3.8, 4) is 5.75 Å². The molecule has 1 aromatic carbocycles. The van der Waals surface area contributed by atoms with Crippen molar-refractivity contribution in [3.63, 3.8) is 0 Å². The molecule has 9 heteroatoms. The van der Waals surface area contributed by atoms with Gasteiger partial charge in [-0.25, -0.2) is 0 Å². The molecule has 1 saturated heterocycles. The first-order valence-electron chi connectivity index (χ1n) is 12.3. The zero-order valence-electron chi connectivity index (χ0n) is 20.8. The van der Waals surface area contributed by atoms with E-state index in [0.29, 0.717) is 30.5 Å². The number of hydrogen-bond donors (Lipinski definition) is 4. The van der Waals surface area contributed by atoms with Crippen LogP contribution >= 0.6 is 0 Å². The predicted octanol–water partition coefficient (Wildman–Crippen LogP) is 1.86. The van der Waals surface area contributed by atoms with Gasteiger partial charge in [0.1, 0.15) is 17.3 Å². The van der Waals surface area contributed by atoms with E-state index in [1.807, 2.05) is 12.1 Å². The molecule has 1 fully saturated rings. The number of likely N-dealkylation sites (tertiary alicyclic amines) is 1. The van der Waals surface area contributed by atoms with Crippen LogP contribution in [0.5, 0.6) is 5.75 Å². The van der Waals surface area contributed by atoms with Crippen LogP contribution in [-0.2, 0) is 16.0 Å². The summed E-state index contributed by atoms with van der Waals surface area (Å²) in [5.41, 5.74) is 1.75. The summed E-state index contributed by atoms with van der Waals surface area (Å²) in [6.07, 6.45) is 3.32. The molecule has 1 aromatic rings. The Balaban J connectivity index is 0.00000432. The summed E-state index contributed by atoms with van der Waals surface area (Å²) in [6.45, 7) is 2.79. The number of phenolic OH excluding ortho intramolecular Hbond substituents is 1. The summed E-state index contributed by atoms with van der Waals surface area (Å²) in [5, 5.41) is 33.7. The monoisotopic (exact) mass is 496 g/mol. The molecule has 9 nitrogen and oxygen atoms in total. The number of piperidine rings is 1. The fourth-order valence-electron chi connectivity index (χ4n) is 5.49. The number of carbonyl (C=O) groups excluding carboxylic acids is 3. The second-order valence-corrected chi connectivity index (χ2v) is 10.1. The molecular formula is C26H44N2O7. The molecule has 0 saturated carbocycles. The number of aliphatic hydroxyl groups is 2. The first-order valence-corrected chi connectivity index (χ1v) is 12.3. The van der Waals surface area contributed by atoms with Gasteiger partial charge >= 0.3 is 0 Å². The van der Waals surface area contributed by atoms with Crippen LogP contribution in [0.2, 0.25) is 0 Å². The van der Waals surface area contributed by atoms with E-state index < -0.39 is 5.92 Å². The average molecular weight is 497 g/mol. The molecule has 2 aliphatic rings. The third kappa shape index (κ3) is 7.33. The number of benzene rings is 1. The van der Waals surface area contributed by atoms with Crippen LogP contribution in [0, 0.1) is 17.8 Å². The number of anilines is 1. The SMILES string of the molecule is CC(=O)CC(=O)C(CO)C(CCO)CC1CC(=O)c2c(ccc(NC3CCN(C)CC3)c2O)C1.O.[HH].[HH]. The minimum atomic E-state index is -0.734. The second kappa shape index (κ2) is 13.1. The fourth-order valence-corrected chi connectivity index (χ4v) is 5.49. The maximum atomic E-state index is 13.1. The van der Waals surface area contributed by atoms with Gasteiger partial charge in [0.15, 0.2) is 5.78 Å². The number of phenols is 1. The quantitative estimate of drug-likeness (QED) is 0.267. The molecule has 0 aromatic heterocycles. The zero-order chi connectivity index (χ0) is 24.8. The molecule has 0 bridgehead atoms. The standard InChI is InChI=1S/C26H38N2O6.H2O.2H2/c1-16(31)11-23(32)21(15-30)18(7-10-29)12-17-13-19-3-4-22(26(34)25(19)24(33)14-17)27-20-5-8-28(2)9-6-20;;;/h3-4,17-18,20-21,27,29-30,34H,5-15H2,1-2H3;1H2;2*1H. The van der Waals surface area contributed by atoms with E-state index in [-0.39, 0.29) is 75.4 Å². The summed E-state index contributed by atoms with van der Waals surface area (Å²) in [5.74, 6) is -1.82. The molecule has 1 heterocycles. The van der Waals surface area contributed by atoms with Gasteiger partial charge in [-0.05, 0) is 82.6 Å². The third-order valence-electron chi connectivity index (χ3n) is 7.34. The maximum Gasteiger partial charge on any atom is 0.167 e. The Bertz CT molecular complexity index is 907. The summed E-state index contributed by atoms with van der Waals surface area (Å²) in [7, 11) is 2.09. The van der Waals surface area contributed by atoms with Crippen LogP contribution in [0.3, 0.4) is 0 Å². The smallest absolute Gasteiger partial charge is 0.167 e. The Kier molecular flexibility index (Phi) is 10.8. The number of ketones is 3. The van der Waals surface area contributed by atoms with E-state index >= 15 is 0 Å². The molecule has 1 aliphatic heterocycles. The molecule has 0 amide bonds. The molecule has 0 radical (unpaired) electrons. The van der Waals surface area contributed by atoms with Crippen molar-refractivity contribution in [1.29, 1.82) is 0 Å². The molecule has 200 valence electrons. The average Bonchev–Trinajstić information content (AvgIpc) is 2.77. The molecular weight excluding hydrogens is 452 g/mol. The second-order valence-electron chi connectivity index (χ2n) is 10.1. The van der Waals surface area contributed by atoms with E-state index in [0.717, 1.165) is 31.5 Å². The number of hydrogen-bond acceptors (Lipinski definition) is 8. The molecule has 6 N–H and O–H groups in total. The number of nitrogens with zero attached hydrogens (tertiary/aromatic N) is 1. The van der Waals surface area contributed by atoms with Crippen LogP contribution < -0.4 is 5.32 Å². The van der Waals surface area contributed by atoms with Gasteiger partial charge in [-0.3, -0.25) is 14.4 Å². The Morgan fingerprint density at radius 3 is 2.49 bits per heavy atom. The predicted molar refractivity (Wildman–Crippen MR) is 137 cm³/mol. The van der Waals surface area contributed by atoms with E-state index in [1.165, 1.54) is 6.92 Å². The van der Waals surface area contributed by atoms with Crippen molar-refractivity contribution < 1.29 is 38.0 Å². The van der Waals surface area contributed by atoms with Gasteiger partial charge in [-0.2, -0.15) is 0 Å². The molecule has 35 heavy (non-hydrogen) atoms. The fraction of sp³-hybridized carbons (Fsp3) is 0.654. The molecule has 3 rings (SSSR count). The van der Waals surface area contributed by atoms with Crippen LogP contribution in [0.1, 0.15) is 64.2 Å². The highest BCUT2D eigenvalue weighted by Gasteiger charge is 2.34. The summed E-state index contributed by atoms with van der Waals surface area (Å²) < 4.78 is 0. The van der Waals surface area contributed by atoms with Gasteiger partial charge in [0.25, 0.3) is 0 Å². The van der Waals surface area contributed by atoms with Crippen molar-refractivity contribution in [1.82, 2.24) is 4.90 Å². The largest absolute Gasteiger partial charge is 0.505 e. The molecule has 1 aliphatic carbocycles. The highest BCUT2D eigenvalue weighted by molar-refractivity contribution is 6.03. The first kappa shape index (κ1) is 28.9. The number of carbonyl (C=O) groups is 3. The lowest BCUT2D eigenvalue weighted by Crippen LogP contribution is -2.36. The van der Waals surface area contributed by atoms with Gasteiger partial charge in [0.05, 0.1) is 24.3 Å². The lowest BCUT2D eigenvalue weighted by atomic mass is 9.73. The number of fused-ring (bicyclic) bond motifs is 1. The lowest BCUT2D eigenvalue weighted by molar-refractivity contribution is -0.131. The van der Waals surface area contributed by atoms with Crippen molar-refractivity contribution in [2.75, 3.05) is 38.7 Å². The minimum absolute atomic E-state index is 0. The maximum absolute atomic E-state index is 13.1. The van der Waals surface area contributed by atoms with E-state index in [9.17, 15) is 29.7 Å². The Morgan fingerprint density at radius 2 is 1.89 bits per heavy atom. The number of nitrogens with one attached hydrogen (secondary N) is 1. The lowest BCUT2D eigenvalue weighted by Gasteiger charge is -2.32. The summed E-state index contributed by atoms with van der Waals surface area (Å²) >= 11 is 0. The Labute approximate surface area is 209 Å². The third-order valence-corrected chi connectivity index (χ3v) is 7.34. The number of aromatic hydroxyl groups is 1. The van der Waals surface area contributed by atoms with Gasteiger partial charge in [-0.1, -0.05) is 6.07 Å².